The van der Waals surface area contributed by atoms with Crippen LogP contribution in [-0.2, 0) is 23.8 Å². The summed E-state index contributed by atoms with van der Waals surface area (Å²) in [6, 6.07) is 0. The normalized spacial score (nSPS) is 19.1. The standard InChI is InChI=1S/C43H81NO5/c1-7-11-15-19-21-25-30-37(29-23-17-13-9-3)42(45)48-36-40-41(39(35-47-40)33-27-28-34-44(5)6)49-43(46)38(31-24-18-14-10-4)32-26-22-20-16-12-8-2/h27-28,37-41H,7-26,29-36H2,1-6H3/b28-27+/t37?,38?,39?,40-,41+/m1/s1. The Balaban J connectivity index is 2.94. The summed E-state index contributed by atoms with van der Waals surface area (Å²) in [7, 11) is 4.12. The fraction of sp³-hybridized carbons (Fsp3) is 0.907. The van der Waals surface area contributed by atoms with Crippen LogP contribution in [0.3, 0.4) is 0 Å². The number of unbranched alkanes of at least 4 members (excludes halogenated alkanes) is 16. The summed E-state index contributed by atoms with van der Waals surface area (Å²) < 4.78 is 18.7. The lowest BCUT2D eigenvalue weighted by Gasteiger charge is -2.26. The van der Waals surface area contributed by atoms with Gasteiger partial charge in [-0.05, 0) is 46.2 Å². The molecule has 0 bridgehead atoms. The van der Waals surface area contributed by atoms with Crippen LogP contribution in [0.1, 0.15) is 188 Å². The van der Waals surface area contributed by atoms with Gasteiger partial charge in [-0.2, -0.15) is 0 Å². The van der Waals surface area contributed by atoms with Crippen molar-refractivity contribution in [2.45, 2.75) is 200 Å². The quantitative estimate of drug-likeness (QED) is 0.0388. The van der Waals surface area contributed by atoms with Gasteiger partial charge in [-0.3, -0.25) is 9.59 Å². The second kappa shape index (κ2) is 31.3. The highest BCUT2D eigenvalue weighted by atomic mass is 16.6. The van der Waals surface area contributed by atoms with Gasteiger partial charge < -0.3 is 19.1 Å². The van der Waals surface area contributed by atoms with Gasteiger partial charge in [0.05, 0.1) is 18.4 Å². The van der Waals surface area contributed by atoms with Gasteiger partial charge in [0, 0.05) is 12.5 Å². The molecule has 0 amide bonds. The van der Waals surface area contributed by atoms with Crippen LogP contribution < -0.4 is 0 Å². The zero-order valence-electron chi connectivity index (χ0n) is 33.3. The number of carbonyl (C=O) groups excluding carboxylic acids is 2. The van der Waals surface area contributed by atoms with Crippen LogP contribution in [0.25, 0.3) is 0 Å². The number of nitrogens with zero attached hydrogens (tertiary/aromatic N) is 1. The molecule has 0 aromatic rings. The van der Waals surface area contributed by atoms with Crippen LogP contribution in [0.4, 0.5) is 0 Å². The number of likely N-dealkylation sites (N-methyl/N-ethyl adjacent to an activating group) is 1. The van der Waals surface area contributed by atoms with E-state index in [2.05, 4.69) is 58.8 Å². The average Bonchev–Trinajstić information content (AvgIpc) is 3.47. The van der Waals surface area contributed by atoms with E-state index in [0.29, 0.717) is 6.61 Å². The highest BCUT2D eigenvalue weighted by Gasteiger charge is 2.41. The third-order valence-corrected chi connectivity index (χ3v) is 10.4. The first-order chi connectivity index (χ1) is 23.9. The van der Waals surface area contributed by atoms with Crippen molar-refractivity contribution >= 4 is 11.9 Å². The van der Waals surface area contributed by atoms with E-state index in [9.17, 15) is 9.59 Å². The molecule has 6 nitrogen and oxygen atoms in total. The number of carbonyl (C=O) groups is 2. The Morgan fingerprint density at radius 2 is 1.06 bits per heavy atom. The van der Waals surface area contributed by atoms with Crippen LogP contribution in [0, 0.1) is 17.8 Å². The van der Waals surface area contributed by atoms with Crippen LogP contribution in [0.15, 0.2) is 12.2 Å². The third kappa shape index (κ3) is 22.9. The molecule has 5 atom stereocenters. The maximum Gasteiger partial charge on any atom is 0.309 e. The Hall–Kier alpha value is -1.40. The molecule has 0 saturated carbocycles. The Morgan fingerprint density at radius 3 is 1.53 bits per heavy atom. The van der Waals surface area contributed by atoms with Gasteiger partial charge in [-0.1, -0.05) is 168 Å². The summed E-state index contributed by atoms with van der Waals surface area (Å²) >= 11 is 0. The molecule has 0 radical (unpaired) electrons. The van der Waals surface area contributed by atoms with Gasteiger partial charge >= 0.3 is 11.9 Å². The number of hydrogen-bond acceptors (Lipinski definition) is 6. The minimum atomic E-state index is -0.412. The van der Waals surface area contributed by atoms with E-state index in [-0.39, 0.29) is 36.3 Å². The van der Waals surface area contributed by atoms with Crippen molar-refractivity contribution in [2.75, 3.05) is 33.9 Å². The summed E-state index contributed by atoms with van der Waals surface area (Å²) in [4.78, 5) is 29.5. The summed E-state index contributed by atoms with van der Waals surface area (Å²) in [6.45, 7) is 10.5. The molecular weight excluding hydrogens is 610 g/mol. The predicted octanol–water partition coefficient (Wildman–Crippen LogP) is 11.6. The first-order valence-corrected chi connectivity index (χ1v) is 21.2. The molecule has 0 aromatic heterocycles. The first-order valence-electron chi connectivity index (χ1n) is 21.2. The summed E-state index contributed by atoms with van der Waals surface area (Å²) in [6.07, 6.45) is 31.9. The van der Waals surface area contributed by atoms with Gasteiger partial charge in [-0.15, -0.1) is 0 Å². The number of allylic oxidation sites excluding steroid dienone is 1. The minimum absolute atomic E-state index is 0.0555. The van der Waals surface area contributed by atoms with Crippen molar-refractivity contribution in [3.05, 3.63) is 12.2 Å². The van der Waals surface area contributed by atoms with Crippen molar-refractivity contribution in [3.8, 4) is 0 Å². The molecule has 0 aromatic carbocycles. The Kier molecular flexibility index (Phi) is 29.2. The highest BCUT2D eigenvalue weighted by Crippen LogP contribution is 2.31. The fourth-order valence-corrected chi connectivity index (χ4v) is 7.06. The van der Waals surface area contributed by atoms with E-state index < -0.39 is 12.2 Å². The zero-order chi connectivity index (χ0) is 36.0. The fourth-order valence-electron chi connectivity index (χ4n) is 7.06. The molecule has 49 heavy (non-hydrogen) atoms. The molecule has 1 heterocycles. The van der Waals surface area contributed by atoms with Gasteiger partial charge in [0.25, 0.3) is 0 Å². The molecule has 0 spiro atoms. The lowest BCUT2D eigenvalue weighted by atomic mass is 9.93. The van der Waals surface area contributed by atoms with Crippen molar-refractivity contribution in [2.24, 2.45) is 17.8 Å². The van der Waals surface area contributed by atoms with E-state index in [1.54, 1.807) is 0 Å². The molecule has 1 aliphatic rings. The summed E-state index contributed by atoms with van der Waals surface area (Å²) in [5.41, 5.74) is 0. The lowest BCUT2D eigenvalue weighted by Crippen LogP contribution is -2.38. The number of hydrogen-bond donors (Lipinski definition) is 0. The number of rotatable bonds is 33. The molecule has 1 aliphatic heterocycles. The predicted molar refractivity (Wildman–Crippen MR) is 207 cm³/mol. The van der Waals surface area contributed by atoms with E-state index >= 15 is 0 Å². The maximum atomic E-state index is 13.9. The van der Waals surface area contributed by atoms with Crippen molar-refractivity contribution in [1.82, 2.24) is 4.90 Å². The first kappa shape index (κ1) is 45.6. The maximum absolute atomic E-state index is 13.9. The smallest absolute Gasteiger partial charge is 0.309 e. The Morgan fingerprint density at radius 1 is 0.633 bits per heavy atom. The van der Waals surface area contributed by atoms with E-state index in [1.165, 1.54) is 103 Å². The van der Waals surface area contributed by atoms with Crippen molar-refractivity contribution < 1.29 is 23.8 Å². The lowest BCUT2D eigenvalue weighted by molar-refractivity contribution is -0.164. The molecule has 1 rings (SSSR count). The molecule has 0 aliphatic carbocycles. The van der Waals surface area contributed by atoms with Crippen LogP contribution in [-0.4, -0.2) is 62.9 Å². The second-order valence-electron chi connectivity index (χ2n) is 15.3. The number of ether oxygens (including phenoxy) is 3. The van der Waals surface area contributed by atoms with E-state index in [1.807, 2.05) is 0 Å². The van der Waals surface area contributed by atoms with E-state index in [0.717, 1.165) is 64.3 Å². The van der Waals surface area contributed by atoms with Crippen LogP contribution in [0.2, 0.25) is 0 Å². The van der Waals surface area contributed by atoms with Gasteiger partial charge in [0.2, 0.25) is 0 Å². The Labute approximate surface area is 304 Å². The SMILES string of the molecule is CCCCCCCCC(CCCCCC)C(=O)OC[C@H]1OCC(C/C=C/CN(C)C)[C@@H]1OC(=O)C(CCCCCC)CCCCCCCC. The van der Waals surface area contributed by atoms with Gasteiger partial charge in [0.15, 0.2) is 0 Å². The Bertz CT molecular complexity index is 814. The molecule has 1 fully saturated rings. The number of esters is 2. The van der Waals surface area contributed by atoms with Crippen LogP contribution >= 0.6 is 0 Å². The molecular formula is C43H81NO5. The molecule has 3 unspecified atom stereocenters. The highest BCUT2D eigenvalue weighted by molar-refractivity contribution is 5.73. The molecule has 288 valence electrons. The third-order valence-electron chi connectivity index (χ3n) is 10.4. The minimum Gasteiger partial charge on any atom is -0.463 e. The molecule has 1 saturated heterocycles. The topological polar surface area (TPSA) is 65.1 Å². The van der Waals surface area contributed by atoms with Crippen molar-refractivity contribution in [1.29, 1.82) is 0 Å². The second-order valence-corrected chi connectivity index (χ2v) is 15.3. The van der Waals surface area contributed by atoms with Gasteiger partial charge in [-0.25, -0.2) is 0 Å². The summed E-state index contributed by atoms with van der Waals surface area (Å²) in [5.74, 6) is -0.226. The zero-order valence-corrected chi connectivity index (χ0v) is 33.3. The van der Waals surface area contributed by atoms with Gasteiger partial charge in [0.1, 0.15) is 18.8 Å². The average molecular weight is 692 g/mol. The van der Waals surface area contributed by atoms with E-state index in [4.69, 9.17) is 14.2 Å². The largest absolute Gasteiger partial charge is 0.463 e. The summed E-state index contributed by atoms with van der Waals surface area (Å²) in [5, 5.41) is 0. The molecule has 0 N–H and O–H groups in total. The van der Waals surface area contributed by atoms with Crippen molar-refractivity contribution in [3.63, 3.8) is 0 Å². The molecule has 6 heteroatoms. The monoisotopic (exact) mass is 692 g/mol. The van der Waals surface area contributed by atoms with Crippen LogP contribution in [0.5, 0.6) is 0 Å².